The van der Waals surface area contributed by atoms with Gasteiger partial charge in [0.1, 0.15) is 54.4 Å². The van der Waals surface area contributed by atoms with Gasteiger partial charge in [-0.25, -0.2) is 87.3 Å². The molecular formula is C62H100N32O19P5+. The van der Waals surface area contributed by atoms with E-state index in [1.54, 1.807) is 37.1 Å². The number of carbonyl (C=O) groups is 2. The molecule has 5 saturated heterocycles. The van der Waals surface area contributed by atoms with Crippen molar-refractivity contribution in [3.05, 3.63) is 64.7 Å². The molecule has 8 bridgehead atoms. The number of aromatic nitrogens is 14. The van der Waals surface area contributed by atoms with Crippen molar-refractivity contribution in [2.75, 3.05) is 197 Å². The molecule has 17 unspecified atom stereocenters. The highest BCUT2D eigenvalue weighted by Gasteiger charge is 2.52. The first-order valence-corrected chi connectivity index (χ1v) is 45.6. The molecule has 15 N–H and O–H groups in total. The van der Waals surface area contributed by atoms with Gasteiger partial charge in [0.05, 0.1) is 109 Å². The first-order valence-electron chi connectivity index (χ1n) is 37.8. The Labute approximate surface area is 674 Å². The van der Waals surface area contributed by atoms with Crippen LogP contribution < -0.4 is 60.7 Å². The van der Waals surface area contributed by atoms with E-state index >= 15 is 18.3 Å². The smallest absolute Gasteiger partial charge is 0.383 e. The molecule has 56 heteroatoms. The zero-order valence-corrected chi connectivity index (χ0v) is 70.7. The van der Waals surface area contributed by atoms with E-state index in [2.05, 4.69) is 65.7 Å². The second-order valence-corrected chi connectivity index (χ2v) is 42.6. The molecule has 7 aliphatic rings. The fourth-order valence-electron chi connectivity index (χ4n) is 14.6. The van der Waals surface area contributed by atoms with Crippen molar-refractivity contribution in [1.82, 2.24) is 121 Å². The predicted octanol–water partition coefficient (Wildman–Crippen LogP) is -1.72. The number of imide groups is 1. The monoisotopic (exact) mass is 1750 g/mol. The fraction of sp³-hybridized carbons (Fsp3) is 0.645. The van der Waals surface area contributed by atoms with Gasteiger partial charge in [0.2, 0.25) is 12.2 Å². The highest BCUT2D eigenvalue weighted by molar-refractivity contribution is 7.57. The third-order valence-electron chi connectivity index (χ3n) is 20.6. The number of nitrogen functional groups attached to an aromatic ring is 3. The third-order valence-corrected chi connectivity index (χ3v) is 32.9. The van der Waals surface area contributed by atoms with Crippen molar-refractivity contribution in [3.8, 4) is 0 Å². The number of amides is 3. The zero-order chi connectivity index (χ0) is 84.1. The average Bonchev–Trinajstić information content (AvgIpc) is 1.49. The van der Waals surface area contributed by atoms with Crippen LogP contribution in [0, 0.1) is 0 Å². The summed E-state index contributed by atoms with van der Waals surface area (Å²) >= 11 is 0. The second kappa shape index (κ2) is 35.6. The maximum Gasteiger partial charge on any atom is 0.500 e. The summed E-state index contributed by atoms with van der Waals surface area (Å²) in [6.45, 7) is 0.575. The van der Waals surface area contributed by atoms with Crippen LogP contribution in [0.2, 0.25) is 0 Å². The van der Waals surface area contributed by atoms with Crippen LogP contribution in [0.4, 0.5) is 28.2 Å². The van der Waals surface area contributed by atoms with Gasteiger partial charge in [-0.15, -0.1) is 0 Å². The summed E-state index contributed by atoms with van der Waals surface area (Å²) in [5, 5.41) is 11.3. The number of urea groups is 1. The molecule has 646 valence electrons. The average molecular weight is 1750 g/mol. The van der Waals surface area contributed by atoms with Crippen molar-refractivity contribution >= 4 is 113 Å². The summed E-state index contributed by atoms with van der Waals surface area (Å²) < 4.78 is 163. The van der Waals surface area contributed by atoms with E-state index in [0.717, 1.165) is 4.58 Å². The number of fused-ring (bicyclic) bond motifs is 10. The molecule has 5 fully saturated rings. The summed E-state index contributed by atoms with van der Waals surface area (Å²) in [6, 6.07) is -0.909. The highest BCUT2D eigenvalue weighted by atomic mass is 31.2. The van der Waals surface area contributed by atoms with Gasteiger partial charge in [0, 0.05) is 77.3 Å². The van der Waals surface area contributed by atoms with Gasteiger partial charge in [-0.1, -0.05) is 13.8 Å². The van der Waals surface area contributed by atoms with Crippen LogP contribution in [0.1, 0.15) is 38.8 Å². The third kappa shape index (κ3) is 18.0. The molecule has 0 spiro atoms. The minimum absolute atomic E-state index is 0.00360. The molecule has 14 heterocycles. The molecular weight excluding hydrogens is 1650 g/mol. The molecule has 7 aromatic heterocycles. The van der Waals surface area contributed by atoms with Crippen LogP contribution in [0.3, 0.4) is 0 Å². The topological polar surface area (TPSA) is 605 Å². The van der Waals surface area contributed by atoms with Gasteiger partial charge in [-0.05, 0) is 55.4 Å². The highest BCUT2D eigenvalue weighted by Crippen LogP contribution is 2.59. The number of H-pyrrole nitrogens is 1. The molecule has 7 aliphatic heterocycles. The molecule has 14 rings (SSSR count). The van der Waals surface area contributed by atoms with Gasteiger partial charge in [-0.3, -0.25) is 55.8 Å². The normalized spacial score (nSPS) is 28.9. The van der Waals surface area contributed by atoms with Gasteiger partial charge in [0.25, 0.3) is 13.1 Å². The van der Waals surface area contributed by atoms with Gasteiger partial charge in [-0.2, -0.15) is 24.7 Å². The number of anilines is 4. The number of nitrogens with one attached hydrogen (secondary N) is 5. The molecule has 3 amide bonds. The Morgan fingerprint density at radius 2 is 1.14 bits per heavy atom. The second-order valence-electron chi connectivity index (χ2n) is 29.8. The number of rotatable bonds is 28. The summed E-state index contributed by atoms with van der Waals surface area (Å²) in [5.74, 6) is -0.935. The van der Waals surface area contributed by atoms with E-state index < -0.39 is 155 Å². The van der Waals surface area contributed by atoms with Crippen LogP contribution >= 0.6 is 38.2 Å². The lowest BCUT2D eigenvalue weighted by molar-refractivity contribution is -0.540. The zero-order valence-electron chi connectivity index (χ0n) is 66.2. The summed E-state index contributed by atoms with van der Waals surface area (Å²) in [7, 11) is -9.98. The Morgan fingerprint density at radius 3 is 1.74 bits per heavy atom. The van der Waals surface area contributed by atoms with Crippen LogP contribution in [0.25, 0.3) is 33.5 Å². The lowest BCUT2D eigenvalue weighted by atomic mass is 10.2. The molecule has 0 radical (unpaired) electrons. The van der Waals surface area contributed by atoms with Gasteiger partial charge < -0.3 is 80.3 Å². The molecule has 118 heavy (non-hydrogen) atoms. The maximum atomic E-state index is 16.5. The maximum absolute atomic E-state index is 16.5. The van der Waals surface area contributed by atoms with Crippen LogP contribution in [-0.4, -0.2) is 351 Å². The number of likely N-dealkylation sites (N-methyl/N-ethyl adjacent to an activating group) is 1. The van der Waals surface area contributed by atoms with Crippen LogP contribution in [0.5, 0.6) is 0 Å². The number of imidazole rings is 3. The van der Waals surface area contributed by atoms with E-state index in [-0.39, 0.29) is 150 Å². The van der Waals surface area contributed by atoms with E-state index in [4.69, 9.17) is 80.0 Å². The van der Waals surface area contributed by atoms with Crippen molar-refractivity contribution in [2.45, 2.75) is 87.2 Å². The predicted molar refractivity (Wildman–Crippen MR) is 424 cm³/mol. The molecule has 0 saturated carbocycles. The minimum atomic E-state index is -4.43. The number of nitrogens with zero attached hydrogens (tertiary/aromatic N) is 22. The molecule has 0 aromatic carbocycles. The quantitative estimate of drug-likeness (QED) is 0.0193. The van der Waals surface area contributed by atoms with Crippen molar-refractivity contribution in [3.63, 3.8) is 0 Å². The first-order chi connectivity index (χ1) is 56.2. The van der Waals surface area contributed by atoms with E-state index in [9.17, 15) is 23.7 Å². The lowest BCUT2D eigenvalue weighted by Gasteiger charge is -2.45. The standard InChI is InChI=1S/C62H99N32O19P5/c1-37(2)114(99,75-13-11-63)104-27-39-17-86(23-47(111-39)92-34-72-50-53(66)68-32-70-55(50)92)115(100,76-14-12-64)105-28-40-18-88(25-48(112-40)93-35-73-51-54(67)69-33-71-56(51)93)117(102,83(5)6)108-31-42-20-89-26-49(113-42)94-36-74-52-57(94)79-60(80-59(52)96)77-43-21-91(62(98)81-58(43)95)46-24-87(19-41(110-46)30-107-118(89,103)84(7)8)116(101,82(3)4)106-29-38-16-85(9)22-45(109-38)90-15-10-44(65)78-61(90)97/h10,15,21,32-43,45-49H,11-14,16-20,22-31,63-64H2,1-9H3,(H10-,65,66,67,68,69,70,71,75,76,77,78,79,80,81,95,96,97,98,99,100)/p+1. The number of nitrogens with two attached hydrogens (primary N) is 5. The first kappa shape index (κ1) is 87.0. The fourth-order valence-corrected chi connectivity index (χ4v) is 24.1. The summed E-state index contributed by atoms with van der Waals surface area (Å²) in [4.78, 5) is 98.9. The number of carbonyl (C=O) groups excluding carboxylic acids is 2. The van der Waals surface area contributed by atoms with Crippen molar-refractivity contribution in [2.24, 2.45) is 11.5 Å². The van der Waals surface area contributed by atoms with Gasteiger partial charge >= 0.3 is 48.3 Å². The number of ether oxygens (including phenoxy) is 5. The number of hydrogen-bond acceptors (Lipinski definition) is 35. The number of morpholine rings is 5. The number of hydrogen-bond donors (Lipinski definition) is 10. The van der Waals surface area contributed by atoms with Crippen molar-refractivity contribution in [1.29, 1.82) is 0 Å². The Kier molecular flexibility index (Phi) is 26.2. The Balaban J connectivity index is 0.766. The Hall–Kier alpha value is -7.39. The van der Waals surface area contributed by atoms with E-state index in [0.29, 0.717) is 12.2 Å². The molecule has 51 nitrogen and oxygen atoms in total. The summed E-state index contributed by atoms with van der Waals surface area (Å²) in [6.07, 6.45) is -1.46. The van der Waals surface area contributed by atoms with Crippen LogP contribution in [0.15, 0.2) is 53.5 Å². The minimum Gasteiger partial charge on any atom is -0.383 e. The van der Waals surface area contributed by atoms with E-state index in [1.165, 1.54) is 120 Å². The lowest BCUT2D eigenvalue weighted by Crippen LogP contribution is -2.61. The Morgan fingerprint density at radius 1 is 0.610 bits per heavy atom. The SMILES string of the molecule is CC(C)P(=O)(NCCN)OCC1CN(P(=O)(NCCN)OCC2CN(P(=O)(OCC3CN4CC(O3)n3cnc5c(=O)[nH]c(nc53)NC3C=[N+](C(=O)NC3=O)C3CN(P(=O)(OCC5CN(C)CC(n6ccc(N)nc6=O)O5)N(C)C)CC(COP4(=O)N(C)C)O3)N(C)C)CC(n3cnc4c(N)ncnc43)O2)CC(n2cnc3c(N)ncnc32)O1. The largest absolute Gasteiger partial charge is 0.500 e. The van der Waals surface area contributed by atoms with Crippen molar-refractivity contribution < 1.29 is 83.3 Å². The molecule has 0 aliphatic carbocycles. The molecule has 17 atom stereocenters. The van der Waals surface area contributed by atoms with E-state index in [1.807, 2.05) is 11.9 Å². The summed E-state index contributed by atoms with van der Waals surface area (Å²) in [5.41, 5.74) is 29.2. The Bertz CT molecular complexity index is 5250. The van der Waals surface area contributed by atoms with Gasteiger partial charge in [0.15, 0.2) is 46.4 Å². The molecule has 7 aromatic rings. The number of aromatic amines is 1. The van der Waals surface area contributed by atoms with Crippen LogP contribution in [-0.2, 0) is 73.9 Å².